The molecule has 0 amide bonds. The van der Waals surface area contributed by atoms with E-state index in [0.29, 0.717) is 0 Å². The first-order valence-electron chi connectivity index (χ1n) is 17.6. The van der Waals surface area contributed by atoms with Crippen molar-refractivity contribution in [3.05, 3.63) is 182 Å². The van der Waals surface area contributed by atoms with Crippen molar-refractivity contribution in [2.45, 2.75) is 0 Å². The number of para-hydroxylation sites is 1. The largest absolute Gasteiger partial charge is 0.455 e. The molecule has 0 bridgehead atoms. The van der Waals surface area contributed by atoms with Crippen LogP contribution < -0.4 is 0 Å². The molecule has 236 valence electrons. The van der Waals surface area contributed by atoms with E-state index in [2.05, 4.69) is 182 Å². The predicted molar refractivity (Wildman–Crippen MR) is 217 cm³/mol. The fourth-order valence-electron chi connectivity index (χ4n) is 8.28. The van der Waals surface area contributed by atoms with Gasteiger partial charge in [-0.3, -0.25) is 0 Å². The van der Waals surface area contributed by atoms with Crippen molar-refractivity contribution in [2.75, 3.05) is 0 Å². The maximum Gasteiger partial charge on any atom is 0.143 e. The molecular formula is C50H30O. The van der Waals surface area contributed by atoms with Crippen molar-refractivity contribution >= 4 is 65.0 Å². The highest BCUT2D eigenvalue weighted by Crippen LogP contribution is 2.43. The maximum absolute atomic E-state index is 6.50. The number of hydrogen-bond acceptors (Lipinski definition) is 1. The highest BCUT2D eigenvalue weighted by atomic mass is 16.3. The van der Waals surface area contributed by atoms with Crippen LogP contribution in [-0.4, -0.2) is 0 Å². The molecule has 0 unspecified atom stereocenters. The molecule has 10 aromatic carbocycles. The molecule has 1 heterocycles. The molecular weight excluding hydrogens is 617 g/mol. The summed E-state index contributed by atoms with van der Waals surface area (Å²) in [5.41, 5.74) is 11.5. The normalized spacial score (nSPS) is 11.9. The Labute approximate surface area is 295 Å². The van der Waals surface area contributed by atoms with Gasteiger partial charge < -0.3 is 4.42 Å². The van der Waals surface area contributed by atoms with Crippen LogP contribution in [0.3, 0.4) is 0 Å². The topological polar surface area (TPSA) is 13.1 Å². The SMILES string of the molecule is c1ccc(-c2ccc3cc(-c4cc5ccc6ccc(-c7ccc8oc9c(-c%10ccccc%10)cccc9c8c7)c7ccc(c4)c5c67)ccc3c2)cc1. The molecule has 0 N–H and O–H groups in total. The average molecular weight is 647 g/mol. The summed E-state index contributed by atoms with van der Waals surface area (Å²) in [5.74, 6) is 0. The minimum atomic E-state index is 0.910. The summed E-state index contributed by atoms with van der Waals surface area (Å²) in [5, 5.41) is 12.5. The summed E-state index contributed by atoms with van der Waals surface area (Å²) in [4.78, 5) is 0. The van der Waals surface area contributed by atoms with Crippen LogP contribution in [-0.2, 0) is 0 Å². The molecule has 0 radical (unpaired) electrons. The van der Waals surface area contributed by atoms with Gasteiger partial charge in [-0.2, -0.15) is 0 Å². The number of hydrogen-bond donors (Lipinski definition) is 0. The van der Waals surface area contributed by atoms with Crippen LogP contribution in [0.2, 0.25) is 0 Å². The third-order valence-electron chi connectivity index (χ3n) is 10.8. The molecule has 0 aliphatic heterocycles. The van der Waals surface area contributed by atoms with Crippen molar-refractivity contribution in [2.24, 2.45) is 0 Å². The van der Waals surface area contributed by atoms with E-state index in [-0.39, 0.29) is 0 Å². The van der Waals surface area contributed by atoms with Gasteiger partial charge in [0.05, 0.1) is 0 Å². The van der Waals surface area contributed by atoms with Crippen LogP contribution in [0.5, 0.6) is 0 Å². The van der Waals surface area contributed by atoms with Gasteiger partial charge in [0.25, 0.3) is 0 Å². The molecule has 0 atom stereocenters. The highest BCUT2D eigenvalue weighted by Gasteiger charge is 2.17. The molecule has 1 nitrogen and oxygen atoms in total. The Kier molecular flexibility index (Phi) is 6.02. The number of fused-ring (bicyclic) bond motifs is 4. The van der Waals surface area contributed by atoms with Crippen LogP contribution >= 0.6 is 0 Å². The minimum absolute atomic E-state index is 0.910. The zero-order chi connectivity index (χ0) is 33.5. The lowest BCUT2D eigenvalue weighted by Crippen LogP contribution is -1.89. The highest BCUT2D eigenvalue weighted by molar-refractivity contribution is 6.26. The molecule has 1 aromatic heterocycles. The van der Waals surface area contributed by atoms with Gasteiger partial charge in [0.15, 0.2) is 0 Å². The van der Waals surface area contributed by atoms with E-state index in [1.165, 1.54) is 76.5 Å². The standard InChI is InChI=1S/C50H30O/c1-3-8-31(9-4-1)34-15-16-36-27-37(18-17-35(36)26-34)41-28-39-19-14-33-20-23-42(44-24-21-40(29-41)48(39)49(33)44)38-22-25-47-46(30-38)45-13-7-12-43(50(45)51-47)32-10-5-2-6-11-32/h1-30H. The van der Waals surface area contributed by atoms with Crippen molar-refractivity contribution in [3.8, 4) is 44.5 Å². The summed E-state index contributed by atoms with van der Waals surface area (Å²) < 4.78 is 6.50. The zero-order valence-corrected chi connectivity index (χ0v) is 27.7. The molecule has 11 aromatic rings. The Morgan fingerprint density at radius 3 is 1.65 bits per heavy atom. The summed E-state index contributed by atoms with van der Waals surface area (Å²) in [6.45, 7) is 0. The summed E-state index contributed by atoms with van der Waals surface area (Å²) in [7, 11) is 0. The lowest BCUT2D eigenvalue weighted by molar-refractivity contribution is 0.670. The monoisotopic (exact) mass is 646 g/mol. The minimum Gasteiger partial charge on any atom is -0.455 e. The first kappa shape index (κ1) is 28.2. The van der Waals surface area contributed by atoms with Crippen molar-refractivity contribution in [3.63, 3.8) is 0 Å². The smallest absolute Gasteiger partial charge is 0.143 e. The van der Waals surface area contributed by atoms with Gasteiger partial charge in [-0.15, -0.1) is 0 Å². The van der Waals surface area contributed by atoms with E-state index in [9.17, 15) is 0 Å². The molecule has 0 aliphatic rings. The second-order valence-corrected chi connectivity index (χ2v) is 13.7. The van der Waals surface area contributed by atoms with Gasteiger partial charge in [-0.25, -0.2) is 0 Å². The predicted octanol–water partition coefficient (Wildman–Crippen LogP) is 14.3. The first-order chi connectivity index (χ1) is 25.2. The molecule has 51 heavy (non-hydrogen) atoms. The molecule has 0 saturated heterocycles. The summed E-state index contributed by atoms with van der Waals surface area (Å²) in [6, 6.07) is 66.3. The van der Waals surface area contributed by atoms with E-state index in [1.807, 2.05) is 0 Å². The maximum atomic E-state index is 6.50. The van der Waals surface area contributed by atoms with Crippen LogP contribution in [0, 0.1) is 0 Å². The van der Waals surface area contributed by atoms with E-state index < -0.39 is 0 Å². The number of furan rings is 1. The van der Waals surface area contributed by atoms with Crippen molar-refractivity contribution < 1.29 is 4.42 Å². The number of benzene rings is 10. The van der Waals surface area contributed by atoms with Gasteiger partial charge in [0.2, 0.25) is 0 Å². The van der Waals surface area contributed by atoms with Gasteiger partial charge >= 0.3 is 0 Å². The van der Waals surface area contributed by atoms with E-state index in [0.717, 1.165) is 33.1 Å². The van der Waals surface area contributed by atoms with E-state index >= 15 is 0 Å². The van der Waals surface area contributed by atoms with Crippen LogP contribution in [0.15, 0.2) is 186 Å². The van der Waals surface area contributed by atoms with Crippen LogP contribution in [0.1, 0.15) is 0 Å². The Hall–Kier alpha value is -6.70. The molecule has 0 spiro atoms. The Balaban J connectivity index is 1.03. The van der Waals surface area contributed by atoms with Gasteiger partial charge in [-0.1, -0.05) is 146 Å². The average Bonchev–Trinajstić information content (AvgIpc) is 3.58. The van der Waals surface area contributed by atoms with Gasteiger partial charge in [-0.05, 0) is 118 Å². The van der Waals surface area contributed by atoms with Gasteiger partial charge in [0, 0.05) is 16.3 Å². The first-order valence-corrected chi connectivity index (χ1v) is 17.6. The Bertz CT molecular complexity index is 3090. The lowest BCUT2D eigenvalue weighted by atomic mass is 9.88. The summed E-state index contributed by atoms with van der Waals surface area (Å²) in [6.07, 6.45) is 0. The molecule has 11 rings (SSSR count). The van der Waals surface area contributed by atoms with Crippen LogP contribution in [0.25, 0.3) is 110 Å². The molecule has 0 saturated carbocycles. The lowest BCUT2D eigenvalue weighted by Gasteiger charge is -2.16. The molecule has 0 fully saturated rings. The van der Waals surface area contributed by atoms with E-state index in [1.54, 1.807) is 0 Å². The Morgan fingerprint density at radius 2 is 0.882 bits per heavy atom. The zero-order valence-electron chi connectivity index (χ0n) is 27.7. The summed E-state index contributed by atoms with van der Waals surface area (Å²) >= 11 is 0. The quantitative estimate of drug-likeness (QED) is 0.173. The molecule has 1 heteroatoms. The molecule has 0 aliphatic carbocycles. The fraction of sp³-hybridized carbons (Fsp3) is 0. The van der Waals surface area contributed by atoms with Crippen molar-refractivity contribution in [1.29, 1.82) is 0 Å². The third-order valence-corrected chi connectivity index (χ3v) is 10.8. The Morgan fingerprint density at radius 1 is 0.275 bits per heavy atom. The fourth-order valence-corrected chi connectivity index (χ4v) is 8.28. The third kappa shape index (κ3) is 4.42. The second kappa shape index (κ2) is 10.9. The van der Waals surface area contributed by atoms with Crippen molar-refractivity contribution in [1.82, 2.24) is 0 Å². The van der Waals surface area contributed by atoms with E-state index in [4.69, 9.17) is 4.42 Å². The second-order valence-electron chi connectivity index (χ2n) is 13.7. The van der Waals surface area contributed by atoms with Crippen LogP contribution in [0.4, 0.5) is 0 Å². The number of rotatable bonds is 4. The van der Waals surface area contributed by atoms with Gasteiger partial charge in [0.1, 0.15) is 11.2 Å².